The first-order valence-corrected chi connectivity index (χ1v) is 6.92. The van der Waals surface area contributed by atoms with Crippen molar-refractivity contribution >= 4 is 28.2 Å². The Morgan fingerprint density at radius 1 is 1.09 bits per heavy atom. The molecule has 0 bridgehead atoms. The third-order valence-electron chi connectivity index (χ3n) is 3.24. The second-order valence-corrected chi connectivity index (χ2v) is 5.07. The van der Waals surface area contributed by atoms with Crippen molar-refractivity contribution in [3.05, 3.63) is 47.6 Å². The fourth-order valence-corrected chi connectivity index (χ4v) is 2.39. The largest absolute Gasteiger partial charge is 0.504 e. The van der Waals surface area contributed by atoms with Crippen molar-refractivity contribution in [3.8, 4) is 23.0 Å². The van der Waals surface area contributed by atoms with Gasteiger partial charge in [-0.1, -0.05) is 11.6 Å². The average molecular weight is 317 g/mol. The number of hydrogen-bond acceptors (Lipinski definition) is 5. The van der Waals surface area contributed by atoms with Crippen molar-refractivity contribution in [2.75, 3.05) is 12.4 Å². The molecule has 0 aliphatic heterocycles. The zero-order chi connectivity index (χ0) is 15.7. The van der Waals surface area contributed by atoms with Gasteiger partial charge < -0.3 is 20.3 Å². The number of aromatic nitrogens is 1. The lowest BCUT2D eigenvalue weighted by Gasteiger charge is -2.11. The minimum atomic E-state index is -0.228. The number of benzene rings is 2. The van der Waals surface area contributed by atoms with Gasteiger partial charge in [0.15, 0.2) is 11.5 Å². The molecule has 3 rings (SSSR count). The van der Waals surface area contributed by atoms with Crippen LogP contribution < -0.4 is 10.1 Å². The van der Waals surface area contributed by atoms with E-state index in [9.17, 15) is 10.2 Å². The molecule has 0 radical (unpaired) electrons. The Balaban J connectivity index is 2.03. The lowest BCUT2D eigenvalue weighted by Crippen LogP contribution is -1.91. The van der Waals surface area contributed by atoms with Crippen molar-refractivity contribution < 1.29 is 14.9 Å². The molecule has 1 aromatic heterocycles. The van der Waals surface area contributed by atoms with E-state index in [1.165, 1.54) is 12.1 Å². The molecule has 0 atom stereocenters. The summed E-state index contributed by atoms with van der Waals surface area (Å²) in [5.41, 5.74) is 1.32. The van der Waals surface area contributed by atoms with Crippen LogP contribution in [-0.2, 0) is 0 Å². The summed E-state index contributed by atoms with van der Waals surface area (Å²) in [6.45, 7) is 0. The number of rotatable bonds is 3. The summed E-state index contributed by atoms with van der Waals surface area (Å²) < 4.78 is 5.82. The molecule has 22 heavy (non-hydrogen) atoms. The predicted molar refractivity (Wildman–Crippen MR) is 86.1 cm³/mol. The molecule has 5 nitrogen and oxygen atoms in total. The fourth-order valence-electron chi connectivity index (χ4n) is 2.12. The van der Waals surface area contributed by atoms with Crippen molar-refractivity contribution in [2.24, 2.45) is 0 Å². The van der Waals surface area contributed by atoms with Crippen molar-refractivity contribution in [3.63, 3.8) is 0 Å². The van der Waals surface area contributed by atoms with Crippen LogP contribution in [0.3, 0.4) is 0 Å². The van der Waals surface area contributed by atoms with E-state index in [0.717, 1.165) is 5.69 Å². The Labute approximate surface area is 131 Å². The van der Waals surface area contributed by atoms with Gasteiger partial charge in [-0.15, -0.1) is 0 Å². The number of phenols is 2. The maximum atomic E-state index is 9.66. The highest BCUT2D eigenvalue weighted by Gasteiger charge is 2.10. The number of anilines is 1. The van der Waals surface area contributed by atoms with E-state index in [-0.39, 0.29) is 11.5 Å². The summed E-state index contributed by atoms with van der Waals surface area (Å²) in [5, 5.41) is 23.3. The zero-order valence-electron chi connectivity index (χ0n) is 11.7. The summed E-state index contributed by atoms with van der Waals surface area (Å²) in [6, 6.07) is 9.76. The van der Waals surface area contributed by atoms with Gasteiger partial charge in [0.05, 0.1) is 16.2 Å². The Kier molecular flexibility index (Phi) is 3.65. The van der Waals surface area contributed by atoms with Gasteiger partial charge >= 0.3 is 0 Å². The first-order valence-electron chi connectivity index (χ1n) is 6.54. The van der Waals surface area contributed by atoms with Crippen LogP contribution in [0.15, 0.2) is 42.6 Å². The van der Waals surface area contributed by atoms with Crippen LogP contribution in [0.25, 0.3) is 10.9 Å². The lowest BCUT2D eigenvalue weighted by molar-refractivity contribution is 0.404. The van der Waals surface area contributed by atoms with E-state index < -0.39 is 0 Å². The van der Waals surface area contributed by atoms with Crippen LogP contribution in [0.1, 0.15) is 0 Å². The van der Waals surface area contributed by atoms with Crippen molar-refractivity contribution in [1.82, 2.24) is 4.98 Å². The minimum absolute atomic E-state index is 0.224. The van der Waals surface area contributed by atoms with E-state index in [0.29, 0.717) is 27.4 Å². The maximum Gasteiger partial charge on any atom is 0.159 e. The highest BCUT2D eigenvalue weighted by Crippen LogP contribution is 2.36. The molecule has 0 spiro atoms. The molecule has 1 heterocycles. The van der Waals surface area contributed by atoms with Gasteiger partial charge in [0, 0.05) is 30.8 Å². The molecule has 0 saturated heterocycles. The standard InChI is InChI=1S/C16H13ClN2O3/c1-18-12-3-2-9(6-11(12)17)22-16-4-5-19-13-8-15(21)14(20)7-10(13)16/h2-8,18,20-21H,1H3. The Morgan fingerprint density at radius 2 is 1.86 bits per heavy atom. The summed E-state index contributed by atoms with van der Waals surface area (Å²) in [6.07, 6.45) is 1.57. The van der Waals surface area contributed by atoms with Crippen LogP contribution in [0.4, 0.5) is 5.69 Å². The number of hydrogen-bond donors (Lipinski definition) is 3. The van der Waals surface area contributed by atoms with Crippen LogP contribution >= 0.6 is 11.6 Å². The number of halogens is 1. The monoisotopic (exact) mass is 316 g/mol. The van der Waals surface area contributed by atoms with Gasteiger partial charge in [-0.25, -0.2) is 0 Å². The van der Waals surface area contributed by atoms with Crippen molar-refractivity contribution in [2.45, 2.75) is 0 Å². The molecule has 112 valence electrons. The van der Waals surface area contributed by atoms with Crippen molar-refractivity contribution in [1.29, 1.82) is 0 Å². The van der Waals surface area contributed by atoms with Crippen LogP contribution in [-0.4, -0.2) is 22.2 Å². The number of fused-ring (bicyclic) bond motifs is 1. The number of pyridine rings is 1. The van der Waals surface area contributed by atoms with Crippen LogP contribution in [0, 0.1) is 0 Å². The fraction of sp³-hybridized carbons (Fsp3) is 0.0625. The van der Waals surface area contributed by atoms with Gasteiger partial charge in [-0.2, -0.15) is 0 Å². The number of phenolic OH excluding ortho intramolecular Hbond substituents is 2. The summed E-state index contributed by atoms with van der Waals surface area (Å²) in [5.74, 6) is 0.616. The first kappa shape index (κ1) is 14.3. The number of nitrogens with zero attached hydrogens (tertiary/aromatic N) is 1. The molecule has 0 saturated carbocycles. The van der Waals surface area contributed by atoms with E-state index in [1.807, 2.05) is 6.07 Å². The van der Waals surface area contributed by atoms with Gasteiger partial charge in [-0.05, 0) is 24.3 Å². The van der Waals surface area contributed by atoms with Gasteiger partial charge in [0.2, 0.25) is 0 Å². The topological polar surface area (TPSA) is 74.6 Å². The first-order chi connectivity index (χ1) is 10.6. The second-order valence-electron chi connectivity index (χ2n) is 4.66. The van der Waals surface area contributed by atoms with Crippen LogP contribution in [0.2, 0.25) is 5.02 Å². The van der Waals surface area contributed by atoms with E-state index in [4.69, 9.17) is 16.3 Å². The normalized spacial score (nSPS) is 10.6. The van der Waals surface area contributed by atoms with E-state index >= 15 is 0 Å². The minimum Gasteiger partial charge on any atom is -0.504 e. The predicted octanol–water partition coefficient (Wildman–Crippen LogP) is 4.13. The number of aromatic hydroxyl groups is 2. The SMILES string of the molecule is CNc1ccc(Oc2ccnc3cc(O)c(O)cc23)cc1Cl. The molecule has 0 amide bonds. The molecule has 3 N–H and O–H groups in total. The smallest absolute Gasteiger partial charge is 0.159 e. The summed E-state index contributed by atoms with van der Waals surface area (Å²) >= 11 is 6.13. The molecule has 0 aliphatic carbocycles. The number of ether oxygens (including phenoxy) is 1. The third-order valence-corrected chi connectivity index (χ3v) is 3.55. The second kappa shape index (κ2) is 5.61. The van der Waals surface area contributed by atoms with Gasteiger partial charge in [-0.3, -0.25) is 4.98 Å². The quantitative estimate of drug-likeness (QED) is 0.633. The summed E-state index contributed by atoms with van der Waals surface area (Å²) in [4.78, 5) is 4.14. The maximum absolute atomic E-state index is 9.66. The van der Waals surface area contributed by atoms with Crippen LogP contribution in [0.5, 0.6) is 23.0 Å². The molecule has 0 fully saturated rings. The Hall–Kier alpha value is -2.66. The molecule has 3 aromatic rings. The Morgan fingerprint density at radius 3 is 2.59 bits per heavy atom. The lowest BCUT2D eigenvalue weighted by atomic mass is 10.2. The summed E-state index contributed by atoms with van der Waals surface area (Å²) in [7, 11) is 1.79. The average Bonchev–Trinajstić information content (AvgIpc) is 2.49. The zero-order valence-corrected chi connectivity index (χ0v) is 12.4. The third kappa shape index (κ3) is 2.58. The highest BCUT2D eigenvalue weighted by atomic mass is 35.5. The van der Waals surface area contributed by atoms with E-state index in [1.54, 1.807) is 31.4 Å². The molecule has 0 unspecified atom stereocenters. The number of nitrogens with one attached hydrogen (secondary N) is 1. The molecular formula is C16H13ClN2O3. The molecular weight excluding hydrogens is 304 g/mol. The molecule has 0 aliphatic rings. The van der Waals surface area contributed by atoms with E-state index in [2.05, 4.69) is 10.3 Å². The highest BCUT2D eigenvalue weighted by molar-refractivity contribution is 6.33. The molecule has 2 aromatic carbocycles. The van der Waals surface area contributed by atoms with Gasteiger partial charge in [0.1, 0.15) is 11.5 Å². The molecule has 6 heteroatoms. The Bertz CT molecular complexity index is 852. The van der Waals surface area contributed by atoms with Gasteiger partial charge in [0.25, 0.3) is 0 Å².